The average Bonchev–Trinajstić information content (AvgIpc) is 2.43. The van der Waals surface area contributed by atoms with Gasteiger partial charge in [-0.25, -0.2) is 8.42 Å². The van der Waals surface area contributed by atoms with Crippen molar-refractivity contribution < 1.29 is 8.42 Å². The minimum Gasteiger partial charge on any atom is -0.389 e. The van der Waals surface area contributed by atoms with Gasteiger partial charge in [-0.2, -0.15) is 0 Å². The highest BCUT2D eigenvalue weighted by Crippen LogP contribution is 2.12. The highest BCUT2D eigenvalue weighted by atomic mass is 32.2. The Morgan fingerprint density at radius 2 is 1.67 bits per heavy atom. The summed E-state index contributed by atoms with van der Waals surface area (Å²) in [5.41, 5.74) is 6.17. The number of benzene rings is 1. The minimum atomic E-state index is -3.28. The maximum absolute atomic E-state index is 12.3. The molecule has 1 aromatic carbocycles. The molecule has 1 aromatic rings. The molecule has 0 aliphatic heterocycles. The molecule has 0 aromatic heterocycles. The van der Waals surface area contributed by atoms with Crippen LogP contribution in [0, 0.1) is 0 Å². The molecule has 0 saturated carbocycles. The van der Waals surface area contributed by atoms with Gasteiger partial charge < -0.3 is 15.5 Å². The second-order valence-corrected chi connectivity index (χ2v) is 7.86. The van der Waals surface area contributed by atoms with Crippen LogP contribution in [-0.4, -0.2) is 69.7 Å². The summed E-state index contributed by atoms with van der Waals surface area (Å²) in [5.74, 6) is 0.101. The van der Waals surface area contributed by atoms with E-state index in [1.807, 2.05) is 26.0 Å². The molecule has 1 rings (SSSR count). The fourth-order valence-electron chi connectivity index (χ4n) is 1.70. The van der Waals surface area contributed by atoms with E-state index in [-0.39, 0.29) is 10.7 Å². The van der Waals surface area contributed by atoms with E-state index in [1.165, 1.54) is 0 Å². The molecule has 0 saturated heterocycles. The Kier molecular flexibility index (Phi) is 6.73. The summed E-state index contributed by atoms with van der Waals surface area (Å²) in [4.78, 5) is 4.66. The van der Waals surface area contributed by atoms with Crippen LogP contribution in [0.4, 0.5) is 0 Å². The van der Waals surface area contributed by atoms with Crippen molar-refractivity contribution in [3.05, 3.63) is 29.8 Å². The number of likely N-dealkylation sites (N-methyl/N-ethyl adjacent to an activating group) is 2. The highest BCUT2D eigenvalue weighted by Gasteiger charge is 2.15. The van der Waals surface area contributed by atoms with Gasteiger partial charge in [-0.3, -0.25) is 0 Å². The van der Waals surface area contributed by atoms with Crippen LogP contribution in [0.2, 0.25) is 0 Å². The van der Waals surface area contributed by atoms with Gasteiger partial charge >= 0.3 is 0 Å². The first-order chi connectivity index (χ1) is 9.72. The predicted octanol–water partition coefficient (Wildman–Crippen LogP) is 0.588. The Bertz CT molecular complexity index is 568. The lowest BCUT2D eigenvalue weighted by Gasteiger charge is -2.19. The van der Waals surface area contributed by atoms with Crippen LogP contribution in [0.25, 0.3) is 0 Å². The number of thiocarbonyl (C=S) groups is 1. The Balaban J connectivity index is 2.62. The third-order valence-corrected chi connectivity index (χ3v) is 5.11. The van der Waals surface area contributed by atoms with Crippen molar-refractivity contribution in [2.24, 2.45) is 5.73 Å². The molecule has 2 N–H and O–H groups in total. The standard InChI is InChI=1S/C14H23N3O2S2/c1-16(2)8-9-17(3)10-11-21(18,19)13-6-4-12(5-7-13)14(15)20/h4-7H,8-11H2,1-3H3,(H2,15,20). The van der Waals surface area contributed by atoms with Crippen LogP contribution in [-0.2, 0) is 9.84 Å². The number of nitrogens with two attached hydrogens (primary N) is 1. The van der Waals surface area contributed by atoms with Gasteiger partial charge in [0.05, 0.1) is 10.6 Å². The zero-order valence-electron chi connectivity index (χ0n) is 12.7. The lowest BCUT2D eigenvalue weighted by molar-refractivity contribution is 0.293. The van der Waals surface area contributed by atoms with Crippen molar-refractivity contribution in [2.75, 3.05) is 46.5 Å². The summed E-state index contributed by atoms with van der Waals surface area (Å²) in [7, 11) is 2.64. The molecule has 0 atom stereocenters. The zero-order valence-corrected chi connectivity index (χ0v) is 14.4. The molecule has 0 amide bonds. The molecule has 7 heteroatoms. The molecule has 0 fully saturated rings. The van der Waals surface area contributed by atoms with Crippen molar-refractivity contribution in [1.82, 2.24) is 9.80 Å². The number of sulfone groups is 1. The first-order valence-corrected chi connectivity index (χ1v) is 8.74. The van der Waals surface area contributed by atoms with Gasteiger partial charge in [0, 0.05) is 25.2 Å². The van der Waals surface area contributed by atoms with E-state index in [1.54, 1.807) is 24.3 Å². The normalized spacial score (nSPS) is 12.0. The molecule has 0 radical (unpaired) electrons. The van der Waals surface area contributed by atoms with Gasteiger partial charge in [-0.1, -0.05) is 24.4 Å². The first-order valence-electron chi connectivity index (χ1n) is 6.68. The summed E-state index contributed by atoms with van der Waals surface area (Å²) in [5, 5.41) is 0. The van der Waals surface area contributed by atoms with Gasteiger partial charge in [-0.15, -0.1) is 0 Å². The van der Waals surface area contributed by atoms with Gasteiger partial charge in [0.1, 0.15) is 4.99 Å². The van der Waals surface area contributed by atoms with E-state index >= 15 is 0 Å². The lowest BCUT2D eigenvalue weighted by Crippen LogP contribution is -2.32. The fourth-order valence-corrected chi connectivity index (χ4v) is 3.18. The SMILES string of the molecule is CN(C)CCN(C)CCS(=O)(=O)c1ccc(C(N)=S)cc1. The summed E-state index contributed by atoms with van der Waals surface area (Å²) >= 11 is 4.85. The van der Waals surface area contributed by atoms with Crippen LogP contribution in [0.3, 0.4) is 0 Å². The van der Waals surface area contributed by atoms with Crippen LogP contribution in [0.1, 0.15) is 5.56 Å². The van der Waals surface area contributed by atoms with Crippen LogP contribution >= 0.6 is 12.2 Å². The van der Waals surface area contributed by atoms with Crippen molar-refractivity contribution in [1.29, 1.82) is 0 Å². The molecule has 0 aliphatic rings. The van der Waals surface area contributed by atoms with Gasteiger partial charge in [0.25, 0.3) is 0 Å². The summed E-state index contributed by atoms with van der Waals surface area (Å²) in [6, 6.07) is 6.41. The van der Waals surface area contributed by atoms with E-state index in [0.29, 0.717) is 17.0 Å². The molecule has 118 valence electrons. The first kappa shape index (κ1) is 18.0. The number of rotatable bonds is 8. The number of nitrogens with zero attached hydrogens (tertiary/aromatic N) is 2. The van der Waals surface area contributed by atoms with Gasteiger partial charge in [0.2, 0.25) is 0 Å². The van der Waals surface area contributed by atoms with Gasteiger partial charge in [0.15, 0.2) is 9.84 Å². The van der Waals surface area contributed by atoms with Gasteiger partial charge in [-0.05, 0) is 33.3 Å². The largest absolute Gasteiger partial charge is 0.389 e. The van der Waals surface area contributed by atoms with Crippen molar-refractivity contribution in [3.63, 3.8) is 0 Å². The van der Waals surface area contributed by atoms with Crippen LogP contribution in [0.15, 0.2) is 29.2 Å². The third-order valence-electron chi connectivity index (χ3n) is 3.17. The molecule has 0 spiro atoms. The highest BCUT2D eigenvalue weighted by molar-refractivity contribution is 7.91. The second kappa shape index (κ2) is 7.84. The molecule has 5 nitrogen and oxygen atoms in total. The Hall–Kier alpha value is -1.02. The summed E-state index contributed by atoms with van der Waals surface area (Å²) in [6.07, 6.45) is 0. The minimum absolute atomic E-state index is 0.101. The fraction of sp³-hybridized carbons (Fsp3) is 0.500. The van der Waals surface area contributed by atoms with Crippen LogP contribution in [0.5, 0.6) is 0 Å². The Morgan fingerprint density at radius 3 is 2.14 bits per heavy atom. The topological polar surface area (TPSA) is 66.6 Å². The predicted molar refractivity (Wildman–Crippen MR) is 90.4 cm³/mol. The molecule has 21 heavy (non-hydrogen) atoms. The quantitative estimate of drug-likeness (QED) is 0.704. The molecule has 0 heterocycles. The smallest absolute Gasteiger partial charge is 0.179 e. The van der Waals surface area contributed by atoms with Crippen molar-refractivity contribution >= 4 is 27.0 Å². The van der Waals surface area contributed by atoms with Crippen LogP contribution < -0.4 is 5.73 Å². The summed E-state index contributed by atoms with van der Waals surface area (Å²) in [6.45, 7) is 2.25. The molecular weight excluding hydrogens is 306 g/mol. The third kappa shape index (κ3) is 6.09. The van der Waals surface area contributed by atoms with Crippen molar-refractivity contribution in [2.45, 2.75) is 4.90 Å². The monoisotopic (exact) mass is 329 g/mol. The number of hydrogen-bond acceptors (Lipinski definition) is 5. The average molecular weight is 329 g/mol. The Labute approximate surface area is 132 Å². The van der Waals surface area contributed by atoms with E-state index in [4.69, 9.17) is 18.0 Å². The van der Waals surface area contributed by atoms with Crippen molar-refractivity contribution in [3.8, 4) is 0 Å². The number of hydrogen-bond donors (Lipinski definition) is 1. The van der Waals surface area contributed by atoms with E-state index in [0.717, 1.165) is 13.1 Å². The second-order valence-electron chi connectivity index (χ2n) is 5.31. The maximum Gasteiger partial charge on any atom is 0.179 e. The molecule has 0 aliphatic carbocycles. The lowest BCUT2D eigenvalue weighted by atomic mass is 10.2. The van der Waals surface area contributed by atoms with E-state index < -0.39 is 9.84 Å². The zero-order chi connectivity index (χ0) is 16.0. The van der Waals surface area contributed by atoms with E-state index in [9.17, 15) is 8.42 Å². The summed E-state index contributed by atoms with van der Waals surface area (Å²) < 4.78 is 24.5. The molecule has 0 bridgehead atoms. The van der Waals surface area contributed by atoms with E-state index in [2.05, 4.69) is 4.90 Å². The molecular formula is C14H23N3O2S2. The maximum atomic E-state index is 12.3. The Morgan fingerprint density at radius 1 is 1.10 bits per heavy atom. The molecule has 0 unspecified atom stereocenters.